The molecule has 0 spiro atoms. The third-order valence-electron chi connectivity index (χ3n) is 3.90. The third-order valence-corrected chi connectivity index (χ3v) is 3.90. The number of methoxy groups -OCH3 is 1. The van der Waals surface area contributed by atoms with Gasteiger partial charge >= 0.3 is 11.8 Å². The molecule has 2 aromatic rings. The smallest absolute Gasteiger partial charge is 0.468 e. The third kappa shape index (κ3) is 4.96. The van der Waals surface area contributed by atoms with Crippen LogP contribution in [0.15, 0.2) is 39.5 Å². The van der Waals surface area contributed by atoms with Crippen molar-refractivity contribution in [2.45, 2.75) is 38.6 Å². The summed E-state index contributed by atoms with van der Waals surface area (Å²) in [6, 6.07) is 7.99. The molecule has 8 nitrogen and oxygen atoms in total. The van der Waals surface area contributed by atoms with Crippen LogP contribution in [0.25, 0.3) is 11.0 Å². The molecule has 0 fully saturated rings. The van der Waals surface area contributed by atoms with Gasteiger partial charge in [0.1, 0.15) is 23.5 Å². The van der Waals surface area contributed by atoms with Gasteiger partial charge in [0.2, 0.25) is 0 Å². The van der Waals surface area contributed by atoms with Crippen LogP contribution in [0.5, 0.6) is 5.75 Å². The average molecular weight is 366 g/mol. The summed E-state index contributed by atoms with van der Waals surface area (Å²) in [5.41, 5.74) is -0.822. The maximum atomic E-state index is 11.2. The van der Waals surface area contributed by atoms with Crippen molar-refractivity contribution in [2.24, 2.45) is 0 Å². The number of carboxylic acid groups (broad SMARTS) is 1. The zero-order valence-electron chi connectivity index (χ0n) is 15.1. The lowest BCUT2D eigenvalue weighted by atomic mass is 9.97. The Bertz CT molecular complexity index is 810. The Morgan fingerprint density at radius 2 is 2.00 bits per heavy atom. The quantitative estimate of drug-likeness (QED) is 0.432. The van der Waals surface area contributed by atoms with Crippen LogP contribution in [0.1, 0.15) is 20.8 Å². The summed E-state index contributed by atoms with van der Waals surface area (Å²) in [7, 11) is 1.45. The van der Waals surface area contributed by atoms with Crippen molar-refractivity contribution in [2.75, 3.05) is 13.9 Å². The lowest BCUT2D eigenvalue weighted by Crippen LogP contribution is -2.48. The highest BCUT2D eigenvalue weighted by molar-refractivity contribution is 5.77. The van der Waals surface area contributed by atoms with Gasteiger partial charge in [-0.1, -0.05) is 0 Å². The van der Waals surface area contributed by atoms with Gasteiger partial charge in [-0.3, -0.25) is 0 Å². The first kappa shape index (κ1) is 19.7. The van der Waals surface area contributed by atoms with Crippen LogP contribution in [0.3, 0.4) is 0 Å². The Morgan fingerprint density at radius 3 is 2.65 bits per heavy atom. The van der Waals surface area contributed by atoms with E-state index in [1.165, 1.54) is 13.2 Å². The van der Waals surface area contributed by atoms with Crippen molar-refractivity contribution in [3.8, 4) is 5.75 Å². The Hall–Kier alpha value is -2.58. The van der Waals surface area contributed by atoms with Crippen LogP contribution >= 0.6 is 0 Å². The van der Waals surface area contributed by atoms with Crippen LogP contribution in [-0.2, 0) is 14.2 Å². The molecular weight excluding hydrogens is 344 g/mol. The molecule has 0 aliphatic rings. The van der Waals surface area contributed by atoms with E-state index in [4.69, 9.17) is 28.5 Å². The number of benzene rings is 1. The molecule has 2 unspecified atom stereocenters. The predicted octanol–water partition coefficient (Wildman–Crippen LogP) is 3.02. The first-order valence-corrected chi connectivity index (χ1v) is 7.96. The number of ether oxygens (including phenoxy) is 4. The Balaban J connectivity index is 1.99. The molecule has 0 amide bonds. The van der Waals surface area contributed by atoms with Gasteiger partial charge in [-0.2, -0.15) is 0 Å². The molecule has 1 aromatic heterocycles. The molecule has 0 aliphatic heterocycles. The fraction of sp³-hybridized carbons (Fsp3) is 0.444. The summed E-state index contributed by atoms with van der Waals surface area (Å²) in [6.07, 6.45) is -2.74. The highest BCUT2D eigenvalue weighted by Gasteiger charge is 2.37. The molecule has 8 heteroatoms. The van der Waals surface area contributed by atoms with E-state index in [9.17, 15) is 9.59 Å². The molecule has 2 rings (SSSR count). The molecule has 1 heterocycles. The summed E-state index contributed by atoms with van der Waals surface area (Å²) in [4.78, 5) is 21.9. The van der Waals surface area contributed by atoms with E-state index in [1.54, 1.807) is 45.0 Å². The van der Waals surface area contributed by atoms with Crippen LogP contribution in [0.4, 0.5) is 4.79 Å². The van der Waals surface area contributed by atoms with Crippen LogP contribution < -0.4 is 10.4 Å². The fourth-order valence-electron chi connectivity index (χ4n) is 2.73. The van der Waals surface area contributed by atoms with Gasteiger partial charge in [-0.05, 0) is 45.0 Å². The first-order chi connectivity index (χ1) is 12.2. The molecule has 0 radical (unpaired) electrons. The fourth-order valence-corrected chi connectivity index (χ4v) is 2.73. The summed E-state index contributed by atoms with van der Waals surface area (Å²) in [6.45, 7) is 5.00. The summed E-state index contributed by atoms with van der Waals surface area (Å²) >= 11 is 0. The van der Waals surface area contributed by atoms with Crippen LogP contribution in [-0.4, -0.2) is 43.0 Å². The molecule has 142 valence electrons. The van der Waals surface area contributed by atoms with Crippen molar-refractivity contribution in [3.05, 3.63) is 40.8 Å². The number of hydrogen-bond donors (Lipinski definition) is 1. The van der Waals surface area contributed by atoms with E-state index in [2.05, 4.69) is 0 Å². The van der Waals surface area contributed by atoms with Crippen molar-refractivity contribution in [1.29, 1.82) is 0 Å². The number of carbonyl (C=O) groups is 1. The Labute approximate surface area is 150 Å². The average Bonchev–Trinajstić information content (AvgIpc) is 2.54. The van der Waals surface area contributed by atoms with Gasteiger partial charge in [0.15, 0.2) is 6.79 Å². The first-order valence-electron chi connectivity index (χ1n) is 7.96. The van der Waals surface area contributed by atoms with Gasteiger partial charge in [0.05, 0.1) is 5.60 Å². The standard InChI is InChI=1S/C18H22O8/c1-11(25-17(20)21)16(22-4)18(2,3)24-10-23-13-6-7-14-12(9-13)5-8-15(19)26-14/h5-9,11,16H,10H2,1-4H3,(H,20,21). The minimum atomic E-state index is -1.38. The molecule has 26 heavy (non-hydrogen) atoms. The number of fused-ring (bicyclic) bond motifs is 1. The Kier molecular flexibility index (Phi) is 6.23. The van der Waals surface area contributed by atoms with Crippen molar-refractivity contribution < 1.29 is 33.3 Å². The minimum absolute atomic E-state index is 0.0884. The highest BCUT2D eigenvalue weighted by Crippen LogP contribution is 2.24. The molecule has 1 N–H and O–H groups in total. The second-order valence-electron chi connectivity index (χ2n) is 6.21. The van der Waals surface area contributed by atoms with E-state index < -0.39 is 29.6 Å². The van der Waals surface area contributed by atoms with Gasteiger partial charge in [-0.25, -0.2) is 9.59 Å². The van der Waals surface area contributed by atoms with E-state index in [-0.39, 0.29) is 6.79 Å². The largest absolute Gasteiger partial charge is 0.506 e. The molecular formula is C18H22O8. The van der Waals surface area contributed by atoms with E-state index in [0.717, 1.165) is 5.39 Å². The predicted molar refractivity (Wildman–Crippen MR) is 92.5 cm³/mol. The Morgan fingerprint density at radius 1 is 1.27 bits per heavy atom. The lowest BCUT2D eigenvalue weighted by molar-refractivity contribution is -0.178. The minimum Gasteiger partial charge on any atom is -0.468 e. The van der Waals surface area contributed by atoms with E-state index >= 15 is 0 Å². The lowest BCUT2D eigenvalue weighted by Gasteiger charge is -2.35. The van der Waals surface area contributed by atoms with E-state index in [1.807, 2.05) is 0 Å². The topological polar surface area (TPSA) is 104 Å². The summed E-state index contributed by atoms with van der Waals surface area (Å²) in [5.74, 6) is 0.533. The SMILES string of the molecule is COC(C(C)OC(=O)O)C(C)(C)OCOc1ccc2oc(=O)ccc2c1. The van der Waals surface area contributed by atoms with Gasteiger partial charge in [0.25, 0.3) is 0 Å². The molecule has 0 saturated heterocycles. The molecule has 0 aliphatic carbocycles. The highest BCUT2D eigenvalue weighted by atomic mass is 16.7. The van der Waals surface area contributed by atoms with E-state index in [0.29, 0.717) is 11.3 Å². The number of hydrogen-bond acceptors (Lipinski definition) is 7. The van der Waals surface area contributed by atoms with Gasteiger partial charge in [-0.15, -0.1) is 0 Å². The molecule has 1 aromatic carbocycles. The maximum Gasteiger partial charge on any atom is 0.506 e. The monoisotopic (exact) mass is 366 g/mol. The van der Waals surface area contributed by atoms with Crippen LogP contribution in [0.2, 0.25) is 0 Å². The van der Waals surface area contributed by atoms with Crippen molar-refractivity contribution in [1.82, 2.24) is 0 Å². The molecule has 2 atom stereocenters. The van der Waals surface area contributed by atoms with Gasteiger partial charge in [0, 0.05) is 18.6 Å². The molecule has 0 saturated carbocycles. The zero-order chi connectivity index (χ0) is 19.3. The van der Waals surface area contributed by atoms with Crippen molar-refractivity contribution in [3.63, 3.8) is 0 Å². The van der Waals surface area contributed by atoms with Crippen LogP contribution in [0, 0.1) is 0 Å². The summed E-state index contributed by atoms with van der Waals surface area (Å²) in [5, 5.41) is 9.47. The zero-order valence-corrected chi connectivity index (χ0v) is 15.1. The van der Waals surface area contributed by atoms with Crippen molar-refractivity contribution >= 4 is 17.1 Å². The normalized spacial score (nSPS) is 14.0. The molecule has 0 bridgehead atoms. The second-order valence-corrected chi connectivity index (χ2v) is 6.21. The van der Waals surface area contributed by atoms with Gasteiger partial charge < -0.3 is 28.5 Å². The maximum absolute atomic E-state index is 11.2. The second kappa shape index (κ2) is 8.20. The summed E-state index contributed by atoms with van der Waals surface area (Å²) < 4.78 is 26.5. The number of rotatable bonds is 8.